The van der Waals surface area contributed by atoms with Crippen molar-refractivity contribution in [2.24, 2.45) is 0 Å². The minimum Gasteiger partial charge on any atom is -0.380 e. The maximum Gasteiger partial charge on any atom is 0.0619 e. The van der Waals surface area contributed by atoms with E-state index >= 15 is 0 Å². The second-order valence-corrected chi connectivity index (χ2v) is 5.29. The normalized spacial score (nSPS) is 19.9. The molecule has 3 rings (SSSR count). The van der Waals surface area contributed by atoms with Gasteiger partial charge in [0.25, 0.3) is 0 Å². The molecule has 1 fully saturated rings. The zero-order chi connectivity index (χ0) is 12.9. The molecule has 0 aliphatic carbocycles. The molecule has 0 bridgehead atoms. The number of para-hydroxylation sites is 1. The number of hydrogen-bond donors (Lipinski definition) is 1. The van der Waals surface area contributed by atoms with Gasteiger partial charge in [-0.3, -0.25) is 0 Å². The van der Waals surface area contributed by atoms with E-state index in [0.29, 0.717) is 6.04 Å². The van der Waals surface area contributed by atoms with Gasteiger partial charge >= 0.3 is 0 Å². The van der Waals surface area contributed by atoms with Crippen molar-refractivity contribution in [1.82, 2.24) is 9.88 Å². The van der Waals surface area contributed by atoms with Gasteiger partial charge in [0, 0.05) is 30.9 Å². The van der Waals surface area contributed by atoms with Crippen LogP contribution in [0.25, 0.3) is 10.9 Å². The van der Waals surface area contributed by atoms with Crippen molar-refractivity contribution in [3.05, 3.63) is 36.5 Å². The lowest BCUT2D eigenvalue weighted by Gasteiger charge is -2.23. The fourth-order valence-electron chi connectivity index (χ4n) is 2.79. The summed E-state index contributed by atoms with van der Waals surface area (Å²) in [6.07, 6.45) is 5.80. The van der Waals surface area contributed by atoms with Crippen molar-refractivity contribution < 1.29 is 4.74 Å². The molecule has 0 amide bonds. The summed E-state index contributed by atoms with van der Waals surface area (Å²) in [6, 6.07) is 11.3. The average Bonchev–Trinajstić information content (AvgIpc) is 2.88. The minimum absolute atomic E-state index is 0.565. The summed E-state index contributed by atoms with van der Waals surface area (Å²) in [5, 5.41) is 4.92. The molecule has 1 aromatic carbocycles. The van der Waals surface area contributed by atoms with Crippen LogP contribution in [0.1, 0.15) is 19.3 Å². The smallest absolute Gasteiger partial charge is 0.0619 e. The summed E-state index contributed by atoms with van der Waals surface area (Å²) < 4.78 is 7.82. The predicted molar refractivity (Wildman–Crippen MR) is 78.4 cm³/mol. The topological polar surface area (TPSA) is 26.2 Å². The van der Waals surface area contributed by atoms with Crippen molar-refractivity contribution in [2.45, 2.75) is 31.8 Å². The number of nitrogens with zero attached hydrogens (tertiary/aromatic N) is 1. The Morgan fingerprint density at radius 1 is 1.26 bits per heavy atom. The number of hydrogen-bond acceptors (Lipinski definition) is 2. The van der Waals surface area contributed by atoms with Crippen LogP contribution >= 0.6 is 0 Å². The third-order valence-corrected chi connectivity index (χ3v) is 3.85. The third kappa shape index (κ3) is 3.17. The molecule has 2 aromatic rings. The molecule has 102 valence electrons. The highest BCUT2D eigenvalue weighted by molar-refractivity contribution is 5.79. The molecule has 1 aromatic heterocycles. The molecule has 2 heterocycles. The van der Waals surface area contributed by atoms with E-state index in [1.807, 2.05) is 0 Å². The number of nitrogens with one attached hydrogen (secondary N) is 1. The molecular formula is C16H22N2O. The van der Waals surface area contributed by atoms with Gasteiger partial charge in [-0.25, -0.2) is 0 Å². The van der Waals surface area contributed by atoms with Crippen molar-refractivity contribution in [3.8, 4) is 0 Å². The summed E-state index contributed by atoms with van der Waals surface area (Å²) in [6.45, 7) is 3.97. The third-order valence-electron chi connectivity index (χ3n) is 3.85. The first-order valence-corrected chi connectivity index (χ1v) is 7.28. The van der Waals surface area contributed by atoms with Gasteiger partial charge in [0.2, 0.25) is 0 Å². The van der Waals surface area contributed by atoms with Gasteiger partial charge in [0.05, 0.1) is 6.61 Å². The molecule has 1 aliphatic heterocycles. The lowest BCUT2D eigenvalue weighted by molar-refractivity contribution is 0.0704. The number of rotatable bonds is 5. The molecule has 0 spiro atoms. The molecule has 1 atom stereocenters. The Morgan fingerprint density at radius 3 is 3.11 bits per heavy atom. The van der Waals surface area contributed by atoms with E-state index in [-0.39, 0.29) is 0 Å². The predicted octanol–water partition coefficient (Wildman–Crippen LogP) is 2.80. The molecule has 19 heavy (non-hydrogen) atoms. The number of aryl methyl sites for hydroxylation is 1. The second kappa shape index (κ2) is 6.22. The van der Waals surface area contributed by atoms with Crippen LogP contribution in [0.15, 0.2) is 36.5 Å². The van der Waals surface area contributed by atoms with E-state index in [9.17, 15) is 0 Å². The lowest BCUT2D eigenvalue weighted by atomic mass is 10.1. The highest BCUT2D eigenvalue weighted by Gasteiger charge is 2.12. The number of fused-ring (bicyclic) bond motifs is 1. The van der Waals surface area contributed by atoms with Crippen LogP contribution in [-0.4, -0.2) is 30.4 Å². The molecule has 1 unspecified atom stereocenters. The quantitative estimate of drug-likeness (QED) is 0.835. The van der Waals surface area contributed by atoms with Crippen LogP contribution in [0.3, 0.4) is 0 Å². The van der Waals surface area contributed by atoms with Crippen molar-refractivity contribution in [1.29, 1.82) is 0 Å². The molecular weight excluding hydrogens is 236 g/mol. The monoisotopic (exact) mass is 258 g/mol. The van der Waals surface area contributed by atoms with E-state index in [1.54, 1.807) is 0 Å². The number of benzene rings is 1. The molecule has 1 aliphatic rings. The molecule has 3 heteroatoms. The summed E-state index contributed by atoms with van der Waals surface area (Å²) in [7, 11) is 0. The first kappa shape index (κ1) is 12.7. The van der Waals surface area contributed by atoms with E-state index in [4.69, 9.17) is 4.74 Å². The Hall–Kier alpha value is -1.32. The van der Waals surface area contributed by atoms with E-state index in [1.165, 1.54) is 23.7 Å². The second-order valence-electron chi connectivity index (χ2n) is 5.29. The van der Waals surface area contributed by atoms with Crippen molar-refractivity contribution in [3.63, 3.8) is 0 Å². The van der Waals surface area contributed by atoms with Crippen LogP contribution in [-0.2, 0) is 11.3 Å². The van der Waals surface area contributed by atoms with Crippen LogP contribution < -0.4 is 5.32 Å². The molecule has 1 N–H and O–H groups in total. The zero-order valence-corrected chi connectivity index (χ0v) is 11.3. The molecule has 1 saturated heterocycles. The summed E-state index contributed by atoms with van der Waals surface area (Å²) in [4.78, 5) is 0. The molecule has 0 saturated carbocycles. The SMILES string of the molecule is c1ccc2c(c1)ccn2CCCNC1CCCOC1. The first-order valence-electron chi connectivity index (χ1n) is 7.28. The summed E-state index contributed by atoms with van der Waals surface area (Å²) in [5.41, 5.74) is 1.34. The molecule has 3 nitrogen and oxygen atoms in total. The van der Waals surface area contributed by atoms with Gasteiger partial charge in [0.1, 0.15) is 0 Å². The minimum atomic E-state index is 0.565. The standard InChI is InChI=1S/C16H22N2O/c1-2-7-16-14(5-1)8-11-18(16)10-4-9-17-15-6-3-12-19-13-15/h1-2,5,7-8,11,15,17H,3-4,6,9-10,12-13H2. The van der Waals surface area contributed by atoms with E-state index in [2.05, 4.69) is 46.4 Å². The maximum absolute atomic E-state index is 5.47. The Morgan fingerprint density at radius 2 is 2.21 bits per heavy atom. The largest absolute Gasteiger partial charge is 0.380 e. The number of aromatic nitrogens is 1. The van der Waals surface area contributed by atoms with Gasteiger partial charge in [-0.1, -0.05) is 18.2 Å². The van der Waals surface area contributed by atoms with Crippen LogP contribution in [0.4, 0.5) is 0 Å². The van der Waals surface area contributed by atoms with Crippen LogP contribution in [0, 0.1) is 0 Å². The van der Waals surface area contributed by atoms with Gasteiger partial charge in [-0.05, 0) is 43.3 Å². The van der Waals surface area contributed by atoms with Crippen LogP contribution in [0.2, 0.25) is 0 Å². The van der Waals surface area contributed by atoms with Gasteiger partial charge < -0.3 is 14.6 Å². The number of ether oxygens (including phenoxy) is 1. The maximum atomic E-state index is 5.47. The zero-order valence-electron chi connectivity index (χ0n) is 11.3. The average molecular weight is 258 g/mol. The van der Waals surface area contributed by atoms with Crippen molar-refractivity contribution >= 4 is 10.9 Å². The van der Waals surface area contributed by atoms with Crippen molar-refractivity contribution in [2.75, 3.05) is 19.8 Å². The fraction of sp³-hybridized carbons (Fsp3) is 0.500. The Balaban J connectivity index is 1.47. The lowest BCUT2D eigenvalue weighted by Crippen LogP contribution is -2.37. The van der Waals surface area contributed by atoms with E-state index < -0.39 is 0 Å². The summed E-state index contributed by atoms with van der Waals surface area (Å²) in [5.74, 6) is 0. The Labute approximate surface area is 114 Å². The summed E-state index contributed by atoms with van der Waals surface area (Å²) >= 11 is 0. The van der Waals surface area contributed by atoms with Gasteiger partial charge in [0.15, 0.2) is 0 Å². The van der Waals surface area contributed by atoms with E-state index in [0.717, 1.165) is 32.7 Å². The van der Waals surface area contributed by atoms with Gasteiger partial charge in [-0.15, -0.1) is 0 Å². The highest BCUT2D eigenvalue weighted by Crippen LogP contribution is 2.15. The van der Waals surface area contributed by atoms with Crippen LogP contribution in [0.5, 0.6) is 0 Å². The molecule has 0 radical (unpaired) electrons. The Kier molecular flexibility index (Phi) is 4.16. The fourth-order valence-corrected chi connectivity index (χ4v) is 2.79. The highest BCUT2D eigenvalue weighted by atomic mass is 16.5. The first-order chi connectivity index (χ1) is 9.43. The Bertz CT molecular complexity index is 514. The van der Waals surface area contributed by atoms with Gasteiger partial charge in [-0.2, -0.15) is 0 Å².